The molecule has 1 unspecified atom stereocenters. The summed E-state index contributed by atoms with van der Waals surface area (Å²) in [5.74, 6) is -0.624. The third kappa shape index (κ3) is 7.54. The Hall–Kier alpha value is -3.49. The second-order valence-electron chi connectivity index (χ2n) is 8.47. The fourth-order valence-electron chi connectivity index (χ4n) is 3.96. The Morgan fingerprint density at radius 1 is 1.06 bits per heavy atom. The van der Waals surface area contributed by atoms with E-state index in [2.05, 4.69) is 20.9 Å². The lowest BCUT2D eigenvalue weighted by atomic mass is 9.95. The average Bonchev–Trinajstić information content (AvgIpc) is 2.87. The molecule has 0 spiro atoms. The Kier molecular flexibility index (Phi) is 9.37. The maximum atomic E-state index is 13.1. The molecule has 0 aliphatic carbocycles. The highest BCUT2D eigenvalue weighted by atomic mass is 19.1. The predicted octanol–water partition coefficient (Wildman–Crippen LogP) is 2.74. The van der Waals surface area contributed by atoms with E-state index in [4.69, 9.17) is 0 Å². The number of amides is 4. The highest BCUT2D eigenvalue weighted by molar-refractivity contribution is 5.87. The van der Waals surface area contributed by atoms with Crippen molar-refractivity contribution in [2.75, 3.05) is 13.1 Å². The van der Waals surface area contributed by atoms with E-state index in [0.29, 0.717) is 38.9 Å². The topological polar surface area (TPSA) is 103 Å². The van der Waals surface area contributed by atoms with E-state index in [1.165, 1.54) is 12.1 Å². The molecule has 1 aromatic carbocycles. The van der Waals surface area contributed by atoms with E-state index in [1.54, 1.807) is 29.4 Å². The second-order valence-corrected chi connectivity index (χ2v) is 8.47. The molecule has 1 aliphatic heterocycles. The van der Waals surface area contributed by atoms with Crippen LogP contribution in [0.2, 0.25) is 0 Å². The molecular formula is C25H32FN5O3. The van der Waals surface area contributed by atoms with Crippen molar-refractivity contribution in [1.29, 1.82) is 0 Å². The Morgan fingerprint density at radius 2 is 1.76 bits per heavy atom. The van der Waals surface area contributed by atoms with Crippen molar-refractivity contribution in [2.24, 2.45) is 5.92 Å². The van der Waals surface area contributed by atoms with Crippen LogP contribution >= 0.6 is 0 Å². The lowest BCUT2D eigenvalue weighted by Gasteiger charge is -2.34. The van der Waals surface area contributed by atoms with Gasteiger partial charge in [0.1, 0.15) is 11.9 Å². The van der Waals surface area contributed by atoms with Gasteiger partial charge in [-0.05, 0) is 48.6 Å². The maximum Gasteiger partial charge on any atom is 0.315 e. The van der Waals surface area contributed by atoms with Crippen LogP contribution in [0.4, 0.5) is 9.18 Å². The number of benzene rings is 1. The van der Waals surface area contributed by atoms with Crippen LogP contribution in [0.3, 0.4) is 0 Å². The van der Waals surface area contributed by atoms with E-state index in [-0.39, 0.29) is 30.1 Å². The van der Waals surface area contributed by atoms with Gasteiger partial charge in [0, 0.05) is 44.5 Å². The predicted molar refractivity (Wildman–Crippen MR) is 126 cm³/mol. The molecule has 1 atom stereocenters. The first-order chi connectivity index (χ1) is 16.5. The molecule has 1 fully saturated rings. The Bertz CT molecular complexity index is 947. The van der Waals surface area contributed by atoms with Gasteiger partial charge in [-0.25, -0.2) is 9.18 Å². The smallest absolute Gasteiger partial charge is 0.315 e. The largest absolute Gasteiger partial charge is 0.352 e. The summed E-state index contributed by atoms with van der Waals surface area (Å²) < 4.78 is 13.0. The van der Waals surface area contributed by atoms with E-state index in [0.717, 1.165) is 17.5 Å². The molecule has 0 radical (unpaired) electrons. The second kappa shape index (κ2) is 12.7. The van der Waals surface area contributed by atoms with Crippen LogP contribution in [0.25, 0.3) is 0 Å². The van der Waals surface area contributed by atoms with Gasteiger partial charge < -0.3 is 20.9 Å². The molecule has 3 rings (SSSR count). The summed E-state index contributed by atoms with van der Waals surface area (Å²) in [5.41, 5.74) is 1.70. The molecule has 2 aromatic rings. The molecule has 9 heteroatoms. The fourth-order valence-corrected chi connectivity index (χ4v) is 3.96. The number of halogens is 1. The summed E-state index contributed by atoms with van der Waals surface area (Å²) in [6, 6.07) is 8.53. The van der Waals surface area contributed by atoms with Crippen LogP contribution in [0.15, 0.2) is 48.8 Å². The zero-order valence-electron chi connectivity index (χ0n) is 19.4. The maximum absolute atomic E-state index is 13.1. The van der Waals surface area contributed by atoms with Gasteiger partial charge in [-0.15, -0.1) is 0 Å². The van der Waals surface area contributed by atoms with Crippen molar-refractivity contribution in [3.05, 3.63) is 65.7 Å². The van der Waals surface area contributed by atoms with Gasteiger partial charge in [-0.1, -0.05) is 31.5 Å². The number of nitrogens with zero attached hydrogens (tertiary/aromatic N) is 2. The zero-order chi connectivity index (χ0) is 24.3. The minimum absolute atomic E-state index is 0.0145. The molecule has 34 heavy (non-hydrogen) atoms. The van der Waals surface area contributed by atoms with Gasteiger partial charge in [0.25, 0.3) is 0 Å². The van der Waals surface area contributed by atoms with Crippen LogP contribution < -0.4 is 16.0 Å². The first-order valence-electron chi connectivity index (χ1n) is 11.7. The molecule has 182 valence electrons. The molecule has 4 amide bonds. The van der Waals surface area contributed by atoms with Crippen molar-refractivity contribution in [3.63, 3.8) is 0 Å². The zero-order valence-corrected chi connectivity index (χ0v) is 19.4. The summed E-state index contributed by atoms with van der Waals surface area (Å²) in [7, 11) is 0. The van der Waals surface area contributed by atoms with E-state index >= 15 is 0 Å². The van der Waals surface area contributed by atoms with Crippen molar-refractivity contribution in [3.8, 4) is 0 Å². The molecule has 2 heterocycles. The number of pyridine rings is 1. The van der Waals surface area contributed by atoms with Crippen LogP contribution in [-0.4, -0.2) is 46.9 Å². The SMILES string of the molecule is CCCC(NC(=O)NCc1ccc(F)cc1)C(=O)N1CCC(C(=O)NCc2cccnc2)CC1. The molecule has 0 saturated carbocycles. The van der Waals surface area contributed by atoms with Crippen molar-refractivity contribution < 1.29 is 18.8 Å². The lowest BCUT2D eigenvalue weighted by molar-refractivity contribution is -0.137. The monoisotopic (exact) mass is 469 g/mol. The third-order valence-electron chi connectivity index (χ3n) is 5.91. The van der Waals surface area contributed by atoms with Gasteiger partial charge in [-0.2, -0.15) is 0 Å². The minimum atomic E-state index is -0.630. The number of urea groups is 1. The first-order valence-corrected chi connectivity index (χ1v) is 11.7. The highest BCUT2D eigenvalue weighted by Crippen LogP contribution is 2.19. The van der Waals surface area contributed by atoms with E-state index in [1.807, 2.05) is 19.1 Å². The van der Waals surface area contributed by atoms with Crippen LogP contribution in [0.1, 0.15) is 43.7 Å². The summed E-state index contributed by atoms with van der Waals surface area (Å²) in [4.78, 5) is 43.7. The van der Waals surface area contributed by atoms with Gasteiger partial charge >= 0.3 is 6.03 Å². The summed E-state index contributed by atoms with van der Waals surface area (Å²) >= 11 is 0. The summed E-state index contributed by atoms with van der Waals surface area (Å²) in [6.07, 6.45) is 5.84. The van der Waals surface area contributed by atoms with Gasteiger partial charge in [-0.3, -0.25) is 14.6 Å². The Balaban J connectivity index is 1.44. The fraction of sp³-hybridized carbons (Fsp3) is 0.440. The normalized spacial score (nSPS) is 14.8. The number of carbonyl (C=O) groups excluding carboxylic acids is 3. The molecule has 1 aliphatic rings. The number of aromatic nitrogens is 1. The molecule has 8 nitrogen and oxygen atoms in total. The Morgan fingerprint density at radius 3 is 2.41 bits per heavy atom. The standard InChI is InChI=1S/C25H32FN5O3/c1-2-4-22(30-25(34)29-16-18-6-8-21(26)9-7-18)24(33)31-13-10-20(11-14-31)23(32)28-17-19-5-3-12-27-15-19/h3,5-9,12,15,20,22H,2,4,10-11,13-14,16-17H2,1H3,(H,28,32)(H2,29,30,34). The van der Waals surface area contributed by atoms with Crippen LogP contribution in [0.5, 0.6) is 0 Å². The number of piperidine rings is 1. The minimum Gasteiger partial charge on any atom is -0.352 e. The first kappa shape index (κ1) is 25.1. The van der Waals surface area contributed by atoms with Crippen LogP contribution in [0, 0.1) is 11.7 Å². The number of rotatable bonds is 9. The Labute approximate surface area is 199 Å². The van der Waals surface area contributed by atoms with Crippen LogP contribution in [-0.2, 0) is 22.7 Å². The van der Waals surface area contributed by atoms with Gasteiger partial charge in [0.05, 0.1) is 0 Å². The summed E-state index contributed by atoms with van der Waals surface area (Å²) in [6.45, 7) is 3.57. The van der Waals surface area contributed by atoms with E-state index in [9.17, 15) is 18.8 Å². The molecule has 1 saturated heterocycles. The summed E-state index contributed by atoms with van der Waals surface area (Å²) in [5, 5.41) is 8.43. The number of carbonyl (C=O) groups is 3. The van der Waals surface area contributed by atoms with Crippen molar-refractivity contribution in [2.45, 2.75) is 51.7 Å². The van der Waals surface area contributed by atoms with Gasteiger partial charge in [0.15, 0.2) is 0 Å². The lowest BCUT2D eigenvalue weighted by Crippen LogP contribution is -2.53. The quantitative estimate of drug-likeness (QED) is 0.525. The number of nitrogens with one attached hydrogen (secondary N) is 3. The molecule has 1 aromatic heterocycles. The average molecular weight is 470 g/mol. The number of likely N-dealkylation sites (tertiary alicyclic amines) is 1. The molecule has 0 bridgehead atoms. The number of hydrogen-bond donors (Lipinski definition) is 3. The third-order valence-corrected chi connectivity index (χ3v) is 5.91. The van der Waals surface area contributed by atoms with E-state index < -0.39 is 12.1 Å². The number of hydrogen-bond acceptors (Lipinski definition) is 4. The van der Waals surface area contributed by atoms with Crippen molar-refractivity contribution >= 4 is 17.8 Å². The van der Waals surface area contributed by atoms with Gasteiger partial charge in [0.2, 0.25) is 11.8 Å². The molecular weight excluding hydrogens is 437 g/mol. The highest BCUT2D eigenvalue weighted by Gasteiger charge is 2.31. The van der Waals surface area contributed by atoms with Crippen molar-refractivity contribution in [1.82, 2.24) is 25.8 Å². The molecule has 3 N–H and O–H groups in total.